The maximum absolute atomic E-state index is 13.1. The summed E-state index contributed by atoms with van der Waals surface area (Å²) in [4.78, 5) is 17.2. The van der Waals surface area contributed by atoms with Crippen molar-refractivity contribution >= 4 is 28.9 Å². The Bertz CT molecular complexity index is 1230. The van der Waals surface area contributed by atoms with Crippen molar-refractivity contribution in [2.45, 2.75) is 45.4 Å². The van der Waals surface area contributed by atoms with Gasteiger partial charge in [0, 0.05) is 28.9 Å². The van der Waals surface area contributed by atoms with Gasteiger partial charge in [-0.05, 0) is 51.0 Å². The minimum Gasteiger partial charge on any atom is -0.416 e. The van der Waals surface area contributed by atoms with Gasteiger partial charge in [0.1, 0.15) is 5.82 Å². The summed E-state index contributed by atoms with van der Waals surface area (Å²) in [6, 6.07) is 8.45. The second kappa shape index (κ2) is 9.79. The molecule has 4 rings (SSSR count). The van der Waals surface area contributed by atoms with Crippen molar-refractivity contribution in [3.8, 4) is 0 Å². The molecule has 0 amide bonds. The third-order valence-electron chi connectivity index (χ3n) is 5.19. The molecule has 9 heteroatoms. The molecular formula is C23H23FN4O2S2. The lowest BCUT2D eigenvalue weighted by atomic mass is 10.1. The Morgan fingerprint density at radius 3 is 2.69 bits per heavy atom. The minimum atomic E-state index is -0.237. The molecule has 0 aliphatic rings. The number of carbonyl (C=O) groups excluding carboxylic acids is 1. The van der Waals surface area contributed by atoms with Crippen LogP contribution in [0.15, 0.2) is 45.4 Å². The molecule has 6 nitrogen and oxygen atoms in total. The number of thioether (sulfide) groups is 1. The van der Waals surface area contributed by atoms with E-state index in [9.17, 15) is 9.18 Å². The molecule has 0 aliphatic heterocycles. The van der Waals surface area contributed by atoms with Crippen molar-refractivity contribution in [2.24, 2.45) is 0 Å². The first kappa shape index (κ1) is 22.4. The number of hydrogen-bond donors (Lipinski definition) is 0. The van der Waals surface area contributed by atoms with Crippen molar-refractivity contribution in [1.29, 1.82) is 0 Å². The summed E-state index contributed by atoms with van der Waals surface area (Å²) in [6.07, 6.45) is 1.25. The van der Waals surface area contributed by atoms with Crippen molar-refractivity contribution in [3.63, 3.8) is 0 Å². The van der Waals surface area contributed by atoms with E-state index >= 15 is 0 Å². The Balaban J connectivity index is 1.35. The highest BCUT2D eigenvalue weighted by Gasteiger charge is 2.18. The van der Waals surface area contributed by atoms with Crippen LogP contribution in [0.25, 0.3) is 0 Å². The zero-order valence-electron chi connectivity index (χ0n) is 18.1. The highest BCUT2D eigenvalue weighted by atomic mass is 32.2. The fraction of sp³-hybridized carbons (Fsp3) is 0.304. The number of ketones is 1. The molecule has 0 fully saturated rings. The summed E-state index contributed by atoms with van der Waals surface area (Å²) in [6.45, 7) is 6.63. The van der Waals surface area contributed by atoms with Gasteiger partial charge < -0.3 is 8.98 Å². The standard InChI is InChI=1S/C23H23FN4O2S2/c1-14-10-20(15(2)28(14)9-8-17-4-6-18(24)7-5-17)21(29)13-32-23-27-26-22(30-23)11-19-12-31-16(3)25-19/h4-7,10,12H,8-9,11,13H2,1-3H3. The zero-order chi connectivity index (χ0) is 22.7. The minimum absolute atomic E-state index is 0.0195. The molecule has 0 radical (unpaired) electrons. The van der Waals surface area contributed by atoms with E-state index in [1.807, 2.05) is 32.2 Å². The Kier molecular flexibility index (Phi) is 6.86. The van der Waals surface area contributed by atoms with E-state index in [4.69, 9.17) is 4.42 Å². The fourth-order valence-corrected chi connectivity index (χ4v) is 4.81. The summed E-state index contributed by atoms with van der Waals surface area (Å²) in [5.41, 5.74) is 4.61. The van der Waals surface area contributed by atoms with Crippen LogP contribution in [0.5, 0.6) is 0 Å². The molecule has 0 N–H and O–H groups in total. The van der Waals surface area contributed by atoms with Gasteiger partial charge in [0.05, 0.1) is 22.9 Å². The highest BCUT2D eigenvalue weighted by Crippen LogP contribution is 2.23. The summed E-state index contributed by atoms with van der Waals surface area (Å²) >= 11 is 2.82. The second-order valence-corrected chi connectivity index (χ2v) is 9.51. The predicted octanol–water partition coefficient (Wildman–Crippen LogP) is 5.20. The lowest BCUT2D eigenvalue weighted by Crippen LogP contribution is -2.08. The Morgan fingerprint density at radius 1 is 1.19 bits per heavy atom. The van der Waals surface area contributed by atoms with Gasteiger partial charge in [-0.2, -0.15) is 0 Å². The van der Waals surface area contributed by atoms with Crippen LogP contribution < -0.4 is 0 Å². The molecule has 0 aliphatic carbocycles. The number of halogens is 1. The molecule has 0 spiro atoms. The summed E-state index contributed by atoms with van der Waals surface area (Å²) in [5.74, 6) is 0.494. The maximum Gasteiger partial charge on any atom is 0.277 e. The fourth-order valence-electron chi connectivity index (χ4n) is 3.54. The summed E-state index contributed by atoms with van der Waals surface area (Å²) in [7, 11) is 0. The Hall–Kier alpha value is -2.78. The normalized spacial score (nSPS) is 11.2. The lowest BCUT2D eigenvalue weighted by molar-refractivity contribution is 0.102. The number of hydrogen-bond acceptors (Lipinski definition) is 7. The molecule has 0 atom stereocenters. The molecule has 3 heterocycles. The molecule has 0 bridgehead atoms. The Labute approximate surface area is 193 Å². The van der Waals surface area contributed by atoms with Gasteiger partial charge in [-0.15, -0.1) is 21.5 Å². The molecule has 0 saturated heterocycles. The van der Waals surface area contributed by atoms with E-state index in [0.717, 1.165) is 40.6 Å². The largest absolute Gasteiger partial charge is 0.416 e. The number of nitrogens with zero attached hydrogens (tertiary/aromatic N) is 4. The van der Waals surface area contributed by atoms with Crippen LogP contribution in [-0.2, 0) is 19.4 Å². The summed E-state index contributed by atoms with van der Waals surface area (Å²) < 4.78 is 20.9. The quantitative estimate of drug-likeness (QED) is 0.247. The van der Waals surface area contributed by atoms with E-state index < -0.39 is 0 Å². The van der Waals surface area contributed by atoms with Gasteiger partial charge in [-0.25, -0.2) is 9.37 Å². The van der Waals surface area contributed by atoms with Gasteiger partial charge in [0.25, 0.3) is 5.22 Å². The first-order valence-electron chi connectivity index (χ1n) is 10.2. The maximum atomic E-state index is 13.1. The van der Waals surface area contributed by atoms with Gasteiger partial charge in [-0.3, -0.25) is 4.79 Å². The predicted molar refractivity (Wildman–Crippen MR) is 123 cm³/mol. The zero-order valence-corrected chi connectivity index (χ0v) is 19.7. The topological polar surface area (TPSA) is 73.8 Å². The van der Waals surface area contributed by atoms with Crippen LogP contribution >= 0.6 is 23.1 Å². The molecule has 0 saturated carbocycles. The smallest absolute Gasteiger partial charge is 0.277 e. The average molecular weight is 471 g/mol. The number of aromatic nitrogens is 4. The number of carbonyl (C=O) groups is 1. The lowest BCUT2D eigenvalue weighted by Gasteiger charge is -2.10. The molecular weight excluding hydrogens is 447 g/mol. The van der Waals surface area contributed by atoms with Crippen molar-refractivity contribution < 1.29 is 13.6 Å². The average Bonchev–Trinajstić information content (AvgIpc) is 3.46. The van der Waals surface area contributed by atoms with Crippen molar-refractivity contribution in [3.05, 3.63) is 80.6 Å². The van der Waals surface area contributed by atoms with E-state index in [1.54, 1.807) is 23.5 Å². The van der Waals surface area contributed by atoms with Gasteiger partial charge >= 0.3 is 0 Å². The van der Waals surface area contributed by atoms with Crippen LogP contribution in [0.2, 0.25) is 0 Å². The molecule has 166 valence electrons. The number of benzene rings is 1. The molecule has 0 unspecified atom stereocenters. The molecule has 3 aromatic heterocycles. The van der Waals surface area contributed by atoms with Crippen molar-refractivity contribution in [2.75, 3.05) is 5.75 Å². The van der Waals surface area contributed by atoms with Crippen molar-refractivity contribution in [1.82, 2.24) is 19.7 Å². The van der Waals surface area contributed by atoms with E-state index in [-0.39, 0.29) is 17.4 Å². The number of Topliss-reactive ketones (excluding diaryl/α,β-unsaturated/α-hetero) is 1. The molecule has 32 heavy (non-hydrogen) atoms. The van der Waals surface area contributed by atoms with Crippen LogP contribution in [0.1, 0.15) is 43.9 Å². The van der Waals surface area contributed by atoms with Crippen LogP contribution in [0.4, 0.5) is 4.39 Å². The van der Waals surface area contributed by atoms with Crippen LogP contribution in [0.3, 0.4) is 0 Å². The van der Waals surface area contributed by atoms with Gasteiger partial charge in [-0.1, -0.05) is 23.9 Å². The van der Waals surface area contributed by atoms with E-state index in [0.29, 0.717) is 23.1 Å². The van der Waals surface area contributed by atoms with Gasteiger partial charge in [0.2, 0.25) is 5.89 Å². The van der Waals surface area contributed by atoms with Crippen LogP contribution in [0, 0.1) is 26.6 Å². The van der Waals surface area contributed by atoms with Crippen LogP contribution in [-0.4, -0.2) is 31.3 Å². The number of rotatable bonds is 9. The van der Waals surface area contributed by atoms with E-state index in [1.165, 1.54) is 23.9 Å². The third-order valence-corrected chi connectivity index (χ3v) is 6.83. The summed E-state index contributed by atoms with van der Waals surface area (Å²) in [5, 5.41) is 11.4. The highest BCUT2D eigenvalue weighted by molar-refractivity contribution is 7.99. The number of thiazole rings is 1. The monoisotopic (exact) mass is 470 g/mol. The Morgan fingerprint density at radius 2 is 1.97 bits per heavy atom. The first-order valence-corrected chi connectivity index (χ1v) is 12.1. The second-order valence-electron chi connectivity index (χ2n) is 7.52. The first-order chi connectivity index (χ1) is 15.4. The number of aryl methyl sites for hydroxylation is 3. The SMILES string of the molecule is Cc1nc(Cc2nnc(SCC(=O)c3cc(C)n(CCc4ccc(F)cc4)c3C)o2)cs1. The van der Waals surface area contributed by atoms with Gasteiger partial charge in [0.15, 0.2) is 5.78 Å². The molecule has 4 aromatic rings. The molecule has 1 aromatic carbocycles. The third kappa shape index (κ3) is 5.34. The van der Waals surface area contributed by atoms with E-state index in [2.05, 4.69) is 19.7 Å².